The zero-order valence-electron chi connectivity index (χ0n) is 10.8. The maximum absolute atomic E-state index is 4.41. The van der Waals surface area contributed by atoms with Gasteiger partial charge in [-0.3, -0.25) is 4.90 Å². The number of nitrogens with one attached hydrogen (secondary N) is 1. The number of fused-ring (bicyclic) bond motifs is 2. The molecule has 0 unspecified atom stereocenters. The van der Waals surface area contributed by atoms with Crippen molar-refractivity contribution in [2.75, 3.05) is 26.2 Å². The number of likely N-dealkylation sites (tertiary alicyclic amines) is 1. The zero-order chi connectivity index (χ0) is 11.9. The molecule has 5 nitrogen and oxygen atoms in total. The lowest BCUT2D eigenvalue weighted by atomic mass is 10.0. The monoisotopic (exact) mass is 247 g/mol. The van der Waals surface area contributed by atoms with E-state index >= 15 is 0 Å². The summed E-state index contributed by atoms with van der Waals surface area (Å²) < 4.78 is 2.36. The first-order chi connectivity index (χ1) is 8.90. The van der Waals surface area contributed by atoms with Gasteiger partial charge in [-0.05, 0) is 37.8 Å². The maximum Gasteiger partial charge on any atom is 0.147 e. The first-order valence-electron chi connectivity index (χ1n) is 7.24. The van der Waals surface area contributed by atoms with Crippen LogP contribution >= 0.6 is 0 Å². The molecule has 0 aliphatic carbocycles. The topological polar surface area (TPSA) is 46.0 Å². The Bertz CT molecular complexity index is 429. The molecule has 3 aliphatic rings. The van der Waals surface area contributed by atoms with Crippen molar-refractivity contribution in [3.63, 3.8) is 0 Å². The van der Waals surface area contributed by atoms with Crippen molar-refractivity contribution in [2.45, 2.75) is 32.4 Å². The molecule has 4 heterocycles. The van der Waals surface area contributed by atoms with Crippen LogP contribution in [0.5, 0.6) is 0 Å². The average Bonchev–Trinajstić information content (AvgIpc) is 3.04. The van der Waals surface area contributed by atoms with Gasteiger partial charge in [0.25, 0.3) is 0 Å². The van der Waals surface area contributed by atoms with Crippen molar-refractivity contribution >= 4 is 0 Å². The van der Waals surface area contributed by atoms with Crippen molar-refractivity contribution < 1.29 is 0 Å². The third-order valence-corrected chi connectivity index (χ3v) is 4.77. The first-order valence-corrected chi connectivity index (χ1v) is 7.24. The normalized spacial score (nSPS) is 31.6. The molecule has 18 heavy (non-hydrogen) atoms. The number of rotatable bonds is 2. The van der Waals surface area contributed by atoms with E-state index in [0.717, 1.165) is 31.3 Å². The summed E-state index contributed by atoms with van der Waals surface area (Å²) in [6.45, 7) is 7.01. The van der Waals surface area contributed by atoms with Crippen LogP contribution in [-0.2, 0) is 19.5 Å². The Kier molecular flexibility index (Phi) is 2.62. The highest BCUT2D eigenvalue weighted by molar-refractivity contribution is 5.00. The van der Waals surface area contributed by atoms with E-state index < -0.39 is 0 Å². The third kappa shape index (κ3) is 1.77. The average molecular weight is 247 g/mol. The van der Waals surface area contributed by atoms with Crippen molar-refractivity contribution in [3.8, 4) is 0 Å². The smallest absolute Gasteiger partial charge is 0.147 e. The zero-order valence-corrected chi connectivity index (χ0v) is 10.8. The fourth-order valence-electron chi connectivity index (χ4n) is 3.77. The quantitative estimate of drug-likeness (QED) is 0.814. The number of hydrogen-bond donors (Lipinski definition) is 1. The van der Waals surface area contributed by atoms with E-state index in [0.29, 0.717) is 0 Å². The molecule has 4 rings (SSSR count). The van der Waals surface area contributed by atoms with E-state index in [1.165, 1.54) is 50.7 Å². The van der Waals surface area contributed by atoms with Gasteiger partial charge >= 0.3 is 0 Å². The van der Waals surface area contributed by atoms with Crippen LogP contribution in [0.15, 0.2) is 0 Å². The van der Waals surface area contributed by atoms with E-state index in [2.05, 4.69) is 25.0 Å². The highest BCUT2D eigenvalue weighted by atomic mass is 15.3. The van der Waals surface area contributed by atoms with Gasteiger partial charge in [-0.15, -0.1) is 10.2 Å². The Morgan fingerprint density at radius 1 is 1.11 bits per heavy atom. The van der Waals surface area contributed by atoms with E-state index in [1.54, 1.807) is 0 Å². The highest BCUT2D eigenvalue weighted by Crippen LogP contribution is 2.27. The summed E-state index contributed by atoms with van der Waals surface area (Å²) in [5.74, 6) is 4.14. The van der Waals surface area contributed by atoms with Crippen LogP contribution in [0.25, 0.3) is 0 Å². The van der Waals surface area contributed by atoms with Gasteiger partial charge in [0, 0.05) is 26.1 Å². The molecule has 2 atom stereocenters. The summed E-state index contributed by atoms with van der Waals surface area (Å²) >= 11 is 0. The summed E-state index contributed by atoms with van der Waals surface area (Å²) in [5, 5.41) is 12.2. The van der Waals surface area contributed by atoms with Gasteiger partial charge in [-0.2, -0.15) is 0 Å². The van der Waals surface area contributed by atoms with Crippen LogP contribution < -0.4 is 5.32 Å². The molecule has 0 spiro atoms. The van der Waals surface area contributed by atoms with Crippen LogP contribution in [0.1, 0.15) is 24.5 Å². The lowest BCUT2D eigenvalue weighted by molar-refractivity contribution is 0.290. The van der Waals surface area contributed by atoms with Crippen LogP contribution in [-0.4, -0.2) is 45.8 Å². The van der Waals surface area contributed by atoms with E-state index in [4.69, 9.17) is 0 Å². The van der Waals surface area contributed by atoms with Crippen LogP contribution in [0.2, 0.25) is 0 Å². The van der Waals surface area contributed by atoms with Crippen LogP contribution in [0.3, 0.4) is 0 Å². The molecule has 0 saturated carbocycles. The molecule has 0 amide bonds. The second kappa shape index (κ2) is 4.31. The predicted molar refractivity (Wildman–Crippen MR) is 68.1 cm³/mol. The molecule has 0 aromatic carbocycles. The summed E-state index contributed by atoms with van der Waals surface area (Å²) in [6.07, 6.45) is 3.67. The fraction of sp³-hybridized carbons (Fsp3) is 0.846. The Balaban J connectivity index is 1.47. The molecule has 5 heteroatoms. The second-order valence-electron chi connectivity index (χ2n) is 6.01. The van der Waals surface area contributed by atoms with Crippen molar-refractivity contribution in [1.29, 1.82) is 0 Å². The van der Waals surface area contributed by atoms with Gasteiger partial charge in [-0.1, -0.05) is 0 Å². The summed E-state index contributed by atoms with van der Waals surface area (Å²) in [5.41, 5.74) is 0. The summed E-state index contributed by atoms with van der Waals surface area (Å²) in [4.78, 5) is 2.57. The number of aromatic nitrogens is 3. The Morgan fingerprint density at radius 3 is 2.78 bits per heavy atom. The van der Waals surface area contributed by atoms with Crippen LogP contribution in [0, 0.1) is 11.8 Å². The molecule has 1 N–H and O–H groups in total. The standard InChI is InChI=1S/C13H21N5/c1-2-4-18-12(3-1)15-16-13(18)9-17-7-10-5-14-6-11(10)8-17/h10-11,14H,1-9H2/t10-,11+. The molecule has 3 aliphatic heterocycles. The molecule has 2 saturated heterocycles. The Morgan fingerprint density at radius 2 is 1.94 bits per heavy atom. The van der Waals surface area contributed by atoms with Crippen molar-refractivity contribution in [1.82, 2.24) is 25.0 Å². The molecule has 0 radical (unpaired) electrons. The minimum atomic E-state index is 0.869. The largest absolute Gasteiger partial charge is 0.316 e. The van der Waals surface area contributed by atoms with E-state index in [9.17, 15) is 0 Å². The van der Waals surface area contributed by atoms with E-state index in [-0.39, 0.29) is 0 Å². The van der Waals surface area contributed by atoms with Gasteiger partial charge in [0.15, 0.2) is 0 Å². The lowest BCUT2D eigenvalue weighted by Crippen LogP contribution is -2.27. The van der Waals surface area contributed by atoms with Gasteiger partial charge in [0.05, 0.1) is 6.54 Å². The number of nitrogens with zero attached hydrogens (tertiary/aromatic N) is 4. The number of hydrogen-bond acceptors (Lipinski definition) is 4. The van der Waals surface area contributed by atoms with Gasteiger partial charge in [0.1, 0.15) is 11.6 Å². The maximum atomic E-state index is 4.41. The number of aryl methyl sites for hydroxylation is 1. The molecule has 1 aromatic heterocycles. The van der Waals surface area contributed by atoms with E-state index in [1.807, 2.05) is 0 Å². The fourth-order valence-corrected chi connectivity index (χ4v) is 3.77. The van der Waals surface area contributed by atoms with Crippen LogP contribution in [0.4, 0.5) is 0 Å². The minimum absolute atomic E-state index is 0.869. The Hall–Kier alpha value is -0.940. The molecule has 2 fully saturated rings. The summed E-state index contributed by atoms with van der Waals surface area (Å²) in [6, 6.07) is 0. The molecular weight excluding hydrogens is 226 g/mol. The Labute approximate surface area is 108 Å². The minimum Gasteiger partial charge on any atom is -0.316 e. The predicted octanol–water partition coefficient (Wildman–Crippen LogP) is 0.266. The highest BCUT2D eigenvalue weighted by Gasteiger charge is 2.36. The van der Waals surface area contributed by atoms with Crippen molar-refractivity contribution in [3.05, 3.63) is 11.6 Å². The molecule has 0 bridgehead atoms. The van der Waals surface area contributed by atoms with Crippen molar-refractivity contribution in [2.24, 2.45) is 11.8 Å². The van der Waals surface area contributed by atoms with Gasteiger partial charge in [-0.25, -0.2) is 0 Å². The third-order valence-electron chi connectivity index (χ3n) is 4.77. The van der Waals surface area contributed by atoms with Gasteiger partial charge in [0.2, 0.25) is 0 Å². The second-order valence-corrected chi connectivity index (χ2v) is 6.01. The SMILES string of the molecule is C1CCn2c(nnc2CN2C[C@H]3CNC[C@H]3C2)C1. The molecule has 98 valence electrons. The first kappa shape index (κ1) is 10.9. The molecular formula is C13H21N5. The summed E-state index contributed by atoms with van der Waals surface area (Å²) in [7, 11) is 0. The molecule has 1 aromatic rings. The van der Waals surface area contributed by atoms with Gasteiger partial charge < -0.3 is 9.88 Å². The lowest BCUT2D eigenvalue weighted by Gasteiger charge is -2.19.